The molecular weight excluding hydrogens is 328 g/mol. The molecule has 0 spiro atoms. The highest BCUT2D eigenvalue weighted by Gasteiger charge is 2.44. The van der Waals surface area contributed by atoms with E-state index in [2.05, 4.69) is 68.8 Å². The summed E-state index contributed by atoms with van der Waals surface area (Å²) >= 11 is 6.19. The maximum Gasteiger partial charge on any atom is 0.0464 e. The normalized spacial score (nSPS) is 27.2. The fraction of sp³-hybridized carbons (Fsp3) is 0.727. The summed E-state index contributed by atoms with van der Waals surface area (Å²) in [6.07, 6.45) is 6.18. The molecule has 3 heteroatoms. The van der Waals surface area contributed by atoms with Crippen molar-refractivity contribution in [1.29, 1.82) is 0 Å². The molecule has 2 nitrogen and oxygen atoms in total. The smallest absolute Gasteiger partial charge is 0.0464 e. The zero-order valence-electron chi connectivity index (χ0n) is 16.9. The van der Waals surface area contributed by atoms with Crippen LogP contribution in [-0.2, 0) is 5.54 Å². The van der Waals surface area contributed by atoms with Crippen molar-refractivity contribution in [2.24, 2.45) is 5.92 Å². The average Bonchev–Trinajstić information content (AvgIpc) is 2.61. The zero-order chi connectivity index (χ0) is 18.4. The summed E-state index contributed by atoms with van der Waals surface area (Å²) in [5.41, 5.74) is 1.63. The number of benzene rings is 1. The standard InChI is InChI=1S/C22H37ClN2/c1-6-15-25(16-7-2)22(19-9-11-20(23)12-10-19)14-13-21(18(4)17-22)24(5)8-3/h9-12,18,21H,6-8,13-17H2,1-5H3. The van der Waals surface area contributed by atoms with E-state index in [9.17, 15) is 0 Å². The van der Waals surface area contributed by atoms with Crippen LogP contribution >= 0.6 is 11.6 Å². The molecular formula is C22H37ClN2. The summed E-state index contributed by atoms with van der Waals surface area (Å²) in [4.78, 5) is 5.31. The lowest BCUT2D eigenvalue weighted by Gasteiger charge is -2.52. The topological polar surface area (TPSA) is 6.48 Å². The van der Waals surface area contributed by atoms with Crippen LogP contribution in [-0.4, -0.2) is 42.5 Å². The highest BCUT2D eigenvalue weighted by molar-refractivity contribution is 6.30. The molecule has 0 aromatic heterocycles. The molecule has 1 saturated carbocycles. The van der Waals surface area contributed by atoms with Gasteiger partial charge >= 0.3 is 0 Å². The van der Waals surface area contributed by atoms with E-state index >= 15 is 0 Å². The van der Waals surface area contributed by atoms with Gasteiger partial charge in [-0.05, 0) is 82.4 Å². The zero-order valence-corrected chi connectivity index (χ0v) is 17.6. The Kier molecular flexibility index (Phi) is 7.79. The van der Waals surface area contributed by atoms with Crippen LogP contribution in [0.25, 0.3) is 0 Å². The molecule has 1 aromatic carbocycles. The molecule has 3 atom stereocenters. The molecule has 1 aromatic rings. The summed E-state index contributed by atoms with van der Waals surface area (Å²) < 4.78 is 0. The first-order valence-corrected chi connectivity index (χ1v) is 10.6. The lowest BCUT2D eigenvalue weighted by atomic mass is 9.68. The van der Waals surface area contributed by atoms with Crippen LogP contribution in [0.5, 0.6) is 0 Å². The van der Waals surface area contributed by atoms with E-state index in [4.69, 9.17) is 11.6 Å². The lowest BCUT2D eigenvalue weighted by Crippen LogP contribution is -2.54. The Morgan fingerprint density at radius 1 is 1.08 bits per heavy atom. The van der Waals surface area contributed by atoms with Crippen LogP contribution in [0.3, 0.4) is 0 Å². The summed E-state index contributed by atoms with van der Waals surface area (Å²) in [6.45, 7) is 12.8. The van der Waals surface area contributed by atoms with Crippen LogP contribution in [0.4, 0.5) is 0 Å². The summed E-state index contributed by atoms with van der Waals surface area (Å²) in [6, 6.07) is 9.40. The van der Waals surface area contributed by atoms with Gasteiger partial charge in [0.15, 0.2) is 0 Å². The minimum atomic E-state index is 0.168. The summed E-state index contributed by atoms with van der Waals surface area (Å²) in [5, 5.41) is 0.837. The van der Waals surface area contributed by atoms with Gasteiger partial charge in [-0.2, -0.15) is 0 Å². The molecule has 2 rings (SSSR count). The van der Waals surface area contributed by atoms with Crippen LogP contribution in [0.15, 0.2) is 24.3 Å². The molecule has 1 aliphatic rings. The molecule has 142 valence electrons. The quantitative estimate of drug-likeness (QED) is 0.575. The first-order valence-electron chi connectivity index (χ1n) is 10.2. The van der Waals surface area contributed by atoms with Crippen molar-refractivity contribution in [3.63, 3.8) is 0 Å². The van der Waals surface area contributed by atoms with Gasteiger partial charge in [0, 0.05) is 16.6 Å². The Labute approximate surface area is 160 Å². The number of halogens is 1. The highest BCUT2D eigenvalue weighted by Crippen LogP contribution is 2.46. The first kappa shape index (κ1) is 20.7. The Balaban J connectivity index is 2.38. The fourth-order valence-corrected chi connectivity index (χ4v) is 5.03. The van der Waals surface area contributed by atoms with E-state index in [-0.39, 0.29) is 5.54 Å². The Morgan fingerprint density at radius 3 is 2.16 bits per heavy atom. The van der Waals surface area contributed by atoms with Crippen molar-refractivity contribution >= 4 is 11.6 Å². The van der Waals surface area contributed by atoms with Gasteiger partial charge in [0.05, 0.1) is 0 Å². The first-order chi connectivity index (χ1) is 12.0. The number of rotatable bonds is 8. The highest BCUT2D eigenvalue weighted by atomic mass is 35.5. The molecule has 0 amide bonds. The van der Waals surface area contributed by atoms with Gasteiger partial charge < -0.3 is 4.90 Å². The molecule has 0 bridgehead atoms. The van der Waals surface area contributed by atoms with Crippen molar-refractivity contribution in [2.75, 3.05) is 26.7 Å². The third-order valence-electron chi connectivity index (χ3n) is 6.21. The van der Waals surface area contributed by atoms with Gasteiger partial charge in [0.25, 0.3) is 0 Å². The van der Waals surface area contributed by atoms with E-state index in [1.54, 1.807) is 0 Å². The van der Waals surface area contributed by atoms with Crippen molar-refractivity contribution in [3.05, 3.63) is 34.9 Å². The molecule has 0 radical (unpaired) electrons. The van der Waals surface area contributed by atoms with Crippen molar-refractivity contribution in [3.8, 4) is 0 Å². The molecule has 0 N–H and O–H groups in total. The van der Waals surface area contributed by atoms with Gasteiger partial charge in [-0.1, -0.05) is 51.4 Å². The van der Waals surface area contributed by atoms with Gasteiger partial charge in [-0.15, -0.1) is 0 Å². The van der Waals surface area contributed by atoms with Gasteiger partial charge in [-0.3, -0.25) is 4.90 Å². The predicted molar refractivity (Wildman–Crippen MR) is 110 cm³/mol. The molecule has 3 unspecified atom stereocenters. The monoisotopic (exact) mass is 364 g/mol. The van der Waals surface area contributed by atoms with Crippen LogP contribution in [0, 0.1) is 5.92 Å². The second-order valence-corrected chi connectivity index (χ2v) is 8.32. The Bertz CT molecular complexity index is 509. The van der Waals surface area contributed by atoms with Crippen molar-refractivity contribution in [1.82, 2.24) is 9.80 Å². The third kappa shape index (κ3) is 4.59. The molecule has 0 aliphatic heterocycles. The molecule has 25 heavy (non-hydrogen) atoms. The number of hydrogen-bond donors (Lipinski definition) is 0. The van der Waals surface area contributed by atoms with E-state index in [0.29, 0.717) is 12.0 Å². The average molecular weight is 365 g/mol. The second kappa shape index (κ2) is 9.39. The van der Waals surface area contributed by atoms with Gasteiger partial charge in [0.2, 0.25) is 0 Å². The minimum Gasteiger partial charge on any atom is -0.303 e. The predicted octanol–water partition coefficient (Wildman–Crippen LogP) is 5.80. The van der Waals surface area contributed by atoms with E-state index < -0.39 is 0 Å². The Morgan fingerprint density at radius 2 is 1.68 bits per heavy atom. The van der Waals surface area contributed by atoms with Crippen LogP contribution < -0.4 is 0 Å². The third-order valence-corrected chi connectivity index (χ3v) is 6.46. The fourth-order valence-electron chi connectivity index (χ4n) is 4.90. The number of hydrogen-bond acceptors (Lipinski definition) is 2. The van der Waals surface area contributed by atoms with Crippen LogP contribution in [0.1, 0.15) is 65.4 Å². The molecule has 1 fully saturated rings. The largest absolute Gasteiger partial charge is 0.303 e. The lowest BCUT2D eigenvalue weighted by molar-refractivity contribution is -0.00548. The molecule has 0 saturated heterocycles. The second-order valence-electron chi connectivity index (χ2n) is 7.89. The SMILES string of the molecule is CCCN(CCC)C1(c2ccc(Cl)cc2)CCC(N(C)CC)C(C)C1. The van der Waals surface area contributed by atoms with E-state index in [0.717, 1.165) is 11.6 Å². The summed E-state index contributed by atoms with van der Waals surface area (Å²) in [5.74, 6) is 0.700. The molecule has 1 aliphatic carbocycles. The minimum absolute atomic E-state index is 0.168. The van der Waals surface area contributed by atoms with Crippen molar-refractivity contribution in [2.45, 2.75) is 71.4 Å². The van der Waals surface area contributed by atoms with E-state index in [1.807, 2.05) is 0 Å². The maximum absolute atomic E-state index is 6.19. The van der Waals surface area contributed by atoms with Crippen molar-refractivity contribution < 1.29 is 0 Å². The number of nitrogens with zero attached hydrogens (tertiary/aromatic N) is 2. The van der Waals surface area contributed by atoms with Crippen LogP contribution in [0.2, 0.25) is 5.02 Å². The van der Waals surface area contributed by atoms with Gasteiger partial charge in [0.1, 0.15) is 0 Å². The van der Waals surface area contributed by atoms with Gasteiger partial charge in [-0.25, -0.2) is 0 Å². The maximum atomic E-state index is 6.19. The summed E-state index contributed by atoms with van der Waals surface area (Å²) in [7, 11) is 2.28. The van der Waals surface area contributed by atoms with E-state index in [1.165, 1.54) is 50.8 Å². The Hall–Kier alpha value is -0.570. The molecule has 0 heterocycles.